The van der Waals surface area contributed by atoms with Crippen LogP contribution >= 0.6 is 0 Å². The van der Waals surface area contributed by atoms with Crippen LogP contribution in [0, 0.1) is 5.92 Å². The molecule has 70 valence electrons. The SMILES string of the molecule is CC(C)C(C(N)=O)N1CCCC1. The van der Waals surface area contributed by atoms with Crippen LogP contribution in [0.4, 0.5) is 0 Å². The highest BCUT2D eigenvalue weighted by atomic mass is 16.1. The Morgan fingerprint density at radius 3 is 2.17 bits per heavy atom. The van der Waals surface area contributed by atoms with E-state index >= 15 is 0 Å². The fourth-order valence-corrected chi connectivity index (χ4v) is 1.95. The molecule has 1 rings (SSSR count). The Balaban J connectivity index is 2.58. The Hall–Kier alpha value is -0.570. The van der Waals surface area contributed by atoms with Gasteiger partial charge in [0.25, 0.3) is 0 Å². The van der Waals surface area contributed by atoms with E-state index in [1.807, 2.05) is 13.8 Å². The average molecular weight is 170 g/mol. The minimum absolute atomic E-state index is 0.0486. The van der Waals surface area contributed by atoms with Gasteiger partial charge >= 0.3 is 0 Å². The lowest BCUT2D eigenvalue weighted by atomic mass is 10.0. The normalized spacial score (nSPS) is 21.6. The highest BCUT2D eigenvalue weighted by molar-refractivity contribution is 5.80. The molecule has 1 unspecified atom stereocenters. The first-order valence-corrected chi connectivity index (χ1v) is 4.66. The minimum Gasteiger partial charge on any atom is -0.368 e. The van der Waals surface area contributed by atoms with Gasteiger partial charge in [0.15, 0.2) is 0 Å². The Morgan fingerprint density at radius 1 is 1.33 bits per heavy atom. The third-order valence-corrected chi connectivity index (χ3v) is 2.46. The second-order valence-corrected chi connectivity index (χ2v) is 3.83. The van der Waals surface area contributed by atoms with Gasteiger partial charge in [-0.1, -0.05) is 13.8 Å². The number of hydrogen-bond acceptors (Lipinski definition) is 2. The van der Waals surface area contributed by atoms with Crippen LogP contribution in [-0.4, -0.2) is 29.9 Å². The molecule has 1 aliphatic heterocycles. The van der Waals surface area contributed by atoms with Crippen molar-refractivity contribution >= 4 is 5.91 Å². The fourth-order valence-electron chi connectivity index (χ4n) is 1.95. The first kappa shape index (κ1) is 9.52. The van der Waals surface area contributed by atoms with Crippen molar-refractivity contribution < 1.29 is 4.79 Å². The summed E-state index contributed by atoms with van der Waals surface area (Å²) in [4.78, 5) is 13.3. The van der Waals surface area contributed by atoms with Crippen LogP contribution in [0.2, 0.25) is 0 Å². The number of amides is 1. The van der Waals surface area contributed by atoms with Crippen LogP contribution in [0.5, 0.6) is 0 Å². The van der Waals surface area contributed by atoms with Gasteiger partial charge in [-0.05, 0) is 31.8 Å². The standard InChI is InChI=1S/C9H18N2O/c1-7(2)8(9(10)12)11-5-3-4-6-11/h7-8H,3-6H2,1-2H3,(H2,10,12). The molecular formula is C9H18N2O. The molecular weight excluding hydrogens is 152 g/mol. The molecule has 0 radical (unpaired) electrons. The number of carbonyl (C=O) groups excluding carboxylic acids is 1. The summed E-state index contributed by atoms with van der Waals surface area (Å²) in [7, 11) is 0. The number of nitrogens with two attached hydrogens (primary N) is 1. The van der Waals surface area contributed by atoms with E-state index < -0.39 is 0 Å². The lowest BCUT2D eigenvalue weighted by Gasteiger charge is -2.27. The third kappa shape index (κ3) is 1.97. The summed E-state index contributed by atoms with van der Waals surface area (Å²) in [5, 5.41) is 0. The summed E-state index contributed by atoms with van der Waals surface area (Å²) in [6.45, 7) is 6.17. The van der Waals surface area contributed by atoms with Gasteiger partial charge in [0.1, 0.15) is 0 Å². The quantitative estimate of drug-likeness (QED) is 0.674. The highest BCUT2D eigenvalue weighted by Crippen LogP contribution is 2.16. The molecule has 12 heavy (non-hydrogen) atoms. The van der Waals surface area contributed by atoms with Crippen molar-refractivity contribution in [3.63, 3.8) is 0 Å². The van der Waals surface area contributed by atoms with Crippen LogP contribution in [-0.2, 0) is 4.79 Å². The van der Waals surface area contributed by atoms with Crippen molar-refractivity contribution in [1.29, 1.82) is 0 Å². The van der Waals surface area contributed by atoms with Gasteiger partial charge in [-0.25, -0.2) is 0 Å². The number of nitrogens with zero attached hydrogens (tertiary/aromatic N) is 1. The molecule has 0 aromatic rings. The van der Waals surface area contributed by atoms with Gasteiger partial charge in [-0.15, -0.1) is 0 Å². The van der Waals surface area contributed by atoms with Crippen LogP contribution < -0.4 is 5.73 Å². The number of hydrogen-bond donors (Lipinski definition) is 1. The summed E-state index contributed by atoms with van der Waals surface area (Å²) >= 11 is 0. The molecule has 1 fully saturated rings. The molecule has 3 nitrogen and oxygen atoms in total. The molecule has 0 saturated carbocycles. The van der Waals surface area contributed by atoms with E-state index in [0.29, 0.717) is 5.92 Å². The van der Waals surface area contributed by atoms with E-state index in [1.165, 1.54) is 12.8 Å². The average Bonchev–Trinajstić information content (AvgIpc) is 2.37. The molecule has 3 heteroatoms. The molecule has 0 aliphatic carbocycles. The highest BCUT2D eigenvalue weighted by Gasteiger charge is 2.28. The molecule has 0 spiro atoms. The first-order valence-electron chi connectivity index (χ1n) is 4.66. The summed E-state index contributed by atoms with van der Waals surface area (Å²) in [6, 6.07) is -0.0486. The summed E-state index contributed by atoms with van der Waals surface area (Å²) in [5.74, 6) is 0.160. The molecule has 0 bridgehead atoms. The molecule has 0 aromatic heterocycles. The van der Waals surface area contributed by atoms with Gasteiger partial charge < -0.3 is 5.73 Å². The summed E-state index contributed by atoms with van der Waals surface area (Å²) < 4.78 is 0. The predicted octanol–water partition coefficient (Wildman–Crippen LogP) is 0.592. The van der Waals surface area contributed by atoms with Crippen LogP contribution in [0.1, 0.15) is 26.7 Å². The molecule has 1 amide bonds. The second kappa shape index (κ2) is 3.90. The van der Waals surface area contributed by atoms with E-state index in [4.69, 9.17) is 5.73 Å². The lowest BCUT2D eigenvalue weighted by molar-refractivity contribution is -0.124. The number of rotatable bonds is 3. The smallest absolute Gasteiger partial charge is 0.235 e. The second-order valence-electron chi connectivity index (χ2n) is 3.83. The van der Waals surface area contributed by atoms with E-state index in [9.17, 15) is 4.79 Å². The van der Waals surface area contributed by atoms with Crippen LogP contribution in [0.3, 0.4) is 0 Å². The number of carbonyl (C=O) groups is 1. The van der Waals surface area contributed by atoms with Crippen molar-refractivity contribution in [1.82, 2.24) is 4.90 Å². The Labute approximate surface area is 73.9 Å². The van der Waals surface area contributed by atoms with Crippen molar-refractivity contribution in [2.24, 2.45) is 11.7 Å². The van der Waals surface area contributed by atoms with Gasteiger partial charge in [0.05, 0.1) is 6.04 Å². The topological polar surface area (TPSA) is 46.3 Å². The minimum atomic E-state index is -0.174. The van der Waals surface area contributed by atoms with Crippen molar-refractivity contribution in [2.45, 2.75) is 32.7 Å². The van der Waals surface area contributed by atoms with E-state index in [0.717, 1.165) is 13.1 Å². The van der Waals surface area contributed by atoms with Gasteiger partial charge in [-0.3, -0.25) is 9.69 Å². The first-order chi connectivity index (χ1) is 5.63. The van der Waals surface area contributed by atoms with E-state index in [-0.39, 0.29) is 11.9 Å². The maximum Gasteiger partial charge on any atom is 0.235 e. The monoisotopic (exact) mass is 170 g/mol. The zero-order valence-corrected chi connectivity index (χ0v) is 7.92. The van der Waals surface area contributed by atoms with Crippen LogP contribution in [0.15, 0.2) is 0 Å². The van der Waals surface area contributed by atoms with Crippen molar-refractivity contribution in [2.75, 3.05) is 13.1 Å². The summed E-state index contributed by atoms with van der Waals surface area (Å²) in [6.07, 6.45) is 2.41. The number of primary amides is 1. The van der Waals surface area contributed by atoms with Gasteiger partial charge in [-0.2, -0.15) is 0 Å². The fraction of sp³-hybridized carbons (Fsp3) is 0.889. The molecule has 1 atom stereocenters. The zero-order valence-electron chi connectivity index (χ0n) is 7.92. The van der Waals surface area contributed by atoms with Gasteiger partial charge in [0.2, 0.25) is 5.91 Å². The van der Waals surface area contributed by atoms with Crippen LogP contribution in [0.25, 0.3) is 0 Å². The Bertz CT molecular complexity index is 162. The molecule has 1 heterocycles. The maximum atomic E-state index is 11.1. The molecule has 1 aliphatic rings. The van der Waals surface area contributed by atoms with Crippen molar-refractivity contribution in [3.8, 4) is 0 Å². The lowest BCUT2D eigenvalue weighted by Crippen LogP contribution is -2.46. The number of likely N-dealkylation sites (tertiary alicyclic amines) is 1. The Kier molecular flexibility index (Phi) is 3.09. The van der Waals surface area contributed by atoms with Crippen molar-refractivity contribution in [3.05, 3.63) is 0 Å². The molecule has 1 saturated heterocycles. The summed E-state index contributed by atoms with van der Waals surface area (Å²) in [5.41, 5.74) is 5.34. The maximum absolute atomic E-state index is 11.1. The zero-order chi connectivity index (χ0) is 9.14. The Morgan fingerprint density at radius 2 is 1.83 bits per heavy atom. The van der Waals surface area contributed by atoms with Gasteiger partial charge in [0, 0.05) is 0 Å². The van der Waals surface area contributed by atoms with E-state index in [1.54, 1.807) is 0 Å². The predicted molar refractivity (Wildman–Crippen MR) is 48.6 cm³/mol. The largest absolute Gasteiger partial charge is 0.368 e. The molecule has 2 N–H and O–H groups in total. The van der Waals surface area contributed by atoms with E-state index in [2.05, 4.69) is 4.90 Å². The molecule has 0 aromatic carbocycles. The third-order valence-electron chi connectivity index (χ3n) is 2.46.